The van der Waals surface area contributed by atoms with Crippen LogP contribution in [0.5, 0.6) is 0 Å². The van der Waals surface area contributed by atoms with Crippen LogP contribution in [0.15, 0.2) is 12.2 Å². The summed E-state index contributed by atoms with van der Waals surface area (Å²) in [6.07, 6.45) is 22.2. The number of quaternary nitrogens is 1. The van der Waals surface area contributed by atoms with Gasteiger partial charge < -0.3 is 24.6 Å². The number of nitrogens with zero attached hydrogens (tertiary/aromatic N) is 1. The molecule has 210 valence electrons. The van der Waals surface area contributed by atoms with E-state index in [0.717, 1.165) is 19.4 Å². The molecule has 7 nitrogen and oxygen atoms in total. The van der Waals surface area contributed by atoms with Crippen molar-refractivity contribution in [2.45, 2.75) is 129 Å². The number of unbranched alkanes of at least 4 members (excludes halogenated alkanes) is 11. The van der Waals surface area contributed by atoms with Gasteiger partial charge in [-0.05, 0) is 38.5 Å². The third-order valence-electron chi connectivity index (χ3n) is 6.95. The first-order valence-corrected chi connectivity index (χ1v) is 14.4. The number of hydrogen-bond acceptors (Lipinski definition) is 4. The van der Waals surface area contributed by atoms with Crippen molar-refractivity contribution in [1.29, 1.82) is 0 Å². The van der Waals surface area contributed by atoms with Crippen molar-refractivity contribution in [3.05, 3.63) is 12.2 Å². The molecule has 0 rings (SSSR count). The standard InChI is InChI=1S/C29H53NO6/c1-2-3-4-5-6-7-8-9-10-11-12-13-14-15-16-23-30(24-17-20-27(31)32,25-18-21-28(33)34)26-19-22-29(35)36/h5-6H,2-4,7-26H2,1H3,(H2-,31,32,33,34,35,36)/b6-5+. The average Bonchev–Trinajstić information content (AvgIpc) is 2.80. The Morgan fingerprint density at radius 3 is 1.42 bits per heavy atom. The third kappa shape index (κ3) is 22.6. The molecular weight excluding hydrogens is 458 g/mol. The fourth-order valence-electron chi connectivity index (χ4n) is 4.87. The van der Waals surface area contributed by atoms with Gasteiger partial charge in [-0.1, -0.05) is 70.4 Å². The van der Waals surface area contributed by atoms with Gasteiger partial charge in [-0.2, -0.15) is 0 Å². The molecule has 0 aromatic heterocycles. The Bertz CT molecular complexity index is 554. The van der Waals surface area contributed by atoms with Crippen LogP contribution in [-0.2, 0) is 14.4 Å². The Kier molecular flexibility index (Phi) is 22.3. The molecule has 0 amide bonds. The third-order valence-corrected chi connectivity index (χ3v) is 6.95. The van der Waals surface area contributed by atoms with Crippen LogP contribution in [0.3, 0.4) is 0 Å². The maximum atomic E-state index is 11.0. The van der Waals surface area contributed by atoms with Gasteiger partial charge in [0.25, 0.3) is 0 Å². The summed E-state index contributed by atoms with van der Waals surface area (Å²) in [7, 11) is 0. The number of carbonyl (C=O) groups is 3. The largest absolute Gasteiger partial charge is 0.550 e. The second-order valence-corrected chi connectivity index (χ2v) is 10.3. The van der Waals surface area contributed by atoms with Gasteiger partial charge in [0.15, 0.2) is 0 Å². The lowest BCUT2D eigenvalue weighted by molar-refractivity contribution is -0.929. The van der Waals surface area contributed by atoms with E-state index in [1.807, 2.05) is 0 Å². The van der Waals surface area contributed by atoms with Gasteiger partial charge in [0.2, 0.25) is 0 Å². The number of rotatable bonds is 27. The molecule has 0 heterocycles. The highest BCUT2D eigenvalue weighted by Crippen LogP contribution is 2.18. The quantitative estimate of drug-likeness (QED) is 0.0829. The lowest BCUT2D eigenvalue weighted by atomic mass is 10.0. The first-order chi connectivity index (χ1) is 17.3. The van der Waals surface area contributed by atoms with Crippen molar-refractivity contribution in [2.24, 2.45) is 0 Å². The molecule has 0 aliphatic heterocycles. The summed E-state index contributed by atoms with van der Waals surface area (Å²) < 4.78 is 0.612. The molecule has 7 heteroatoms. The minimum Gasteiger partial charge on any atom is -0.550 e. The van der Waals surface area contributed by atoms with Gasteiger partial charge in [-0.25, -0.2) is 0 Å². The van der Waals surface area contributed by atoms with E-state index >= 15 is 0 Å². The molecule has 0 aliphatic rings. The molecule has 0 aromatic carbocycles. The molecule has 0 saturated heterocycles. The van der Waals surface area contributed by atoms with Gasteiger partial charge in [-0.15, -0.1) is 0 Å². The highest BCUT2D eigenvalue weighted by Gasteiger charge is 2.26. The van der Waals surface area contributed by atoms with Gasteiger partial charge >= 0.3 is 11.9 Å². The van der Waals surface area contributed by atoms with Crippen LogP contribution in [0.1, 0.15) is 129 Å². The summed E-state index contributed by atoms with van der Waals surface area (Å²) in [4.78, 5) is 33.0. The summed E-state index contributed by atoms with van der Waals surface area (Å²) in [5, 5.41) is 29.0. The van der Waals surface area contributed by atoms with Gasteiger partial charge in [0, 0.05) is 25.2 Å². The molecular formula is C29H53NO6. The monoisotopic (exact) mass is 511 g/mol. The number of carboxylic acid groups (broad SMARTS) is 3. The van der Waals surface area contributed by atoms with E-state index in [-0.39, 0.29) is 19.3 Å². The van der Waals surface area contributed by atoms with E-state index in [9.17, 15) is 19.5 Å². The van der Waals surface area contributed by atoms with Crippen LogP contribution in [-0.4, -0.2) is 58.8 Å². The van der Waals surface area contributed by atoms with Gasteiger partial charge in [0.05, 0.1) is 39.0 Å². The van der Waals surface area contributed by atoms with Crippen LogP contribution in [0, 0.1) is 0 Å². The summed E-state index contributed by atoms with van der Waals surface area (Å²) in [5.41, 5.74) is 0. The zero-order chi connectivity index (χ0) is 26.9. The molecule has 0 fully saturated rings. The van der Waals surface area contributed by atoms with E-state index < -0.39 is 17.9 Å². The fraction of sp³-hybridized carbons (Fsp3) is 0.828. The number of allylic oxidation sites excluding steroid dienone is 2. The maximum Gasteiger partial charge on any atom is 0.303 e. The zero-order valence-corrected chi connectivity index (χ0v) is 22.9. The molecule has 0 atom stereocenters. The molecule has 36 heavy (non-hydrogen) atoms. The van der Waals surface area contributed by atoms with Gasteiger partial charge in [0.1, 0.15) is 0 Å². The summed E-state index contributed by atoms with van der Waals surface area (Å²) in [5.74, 6) is -2.75. The predicted octanol–water partition coefficient (Wildman–Crippen LogP) is 5.71. The van der Waals surface area contributed by atoms with Crippen LogP contribution in [0.2, 0.25) is 0 Å². The van der Waals surface area contributed by atoms with E-state index in [1.165, 1.54) is 70.6 Å². The lowest BCUT2D eigenvalue weighted by Gasteiger charge is -2.39. The van der Waals surface area contributed by atoms with E-state index in [1.54, 1.807) is 0 Å². The summed E-state index contributed by atoms with van der Waals surface area (Å²) in [6.45, 7) is 4.98. The van der Waals surface area contributed by atoms with Crippen molar-refractivity contribution in [3.8, 4) is 0 Å². The number of hydrogen-bond donors (Lipinski definition) is 2. The Balaban J connectivity index is 4.33. The second-order valence-electron chi connectivity index (χ2n) is 10.3. The number of carbonyl (C=O) groups excluding carboxylic acids is 1. The highest BCUT2D eigenvalue weighted by atomic mass is 16.4. The van der Waals surface area contributed by atoms with Crippen LogP contribution >= 0.6 is 0 Å². The van der Waals surface area contributed by atoms with Crippen LogP contribution < -0.4 is 5.11 Å². The lowest BCUT2D eigenvalue weighted by Crippen LogP contribution is -2.51. The first kappa shape index (κ1) is 34.1. The topological polar surface area (TPSA) is 115 Å². The van der Waals surface area contributed by atoms with Crippen molar-refractivity contribution in [3.63, 3.8) is 0 Å². The minimum atomic E-state index is -1.08. The van der Waals surface area contributed by atoms with Crippen LogP contribution in [0.25, 0.3) is 0 Å². The molecule has 0 bridgehead atoms. The molecule has 0 saturated carbocycles. The minimum absolute atomic E-state index is 0.0208. The van der Waals surface area contributed by atoms with Crippen molar-refractivity contribution >= 4 is 17.9 Å². The molecule has 2 N–H and O–H groups in total. The number of carboxylic acids is 3. The summed E-state index contributed by atoms with van der Waals surface area (Å²) >= 11 is 0. The van der Waals surface area contributed by atoms with Crippen LogP contribution in [0.4, 0.5) is 0 Å². The number of aliphatic carboxylic acids is 3. The SMILES string of the molecule is CCCC/C=C/CCCCCCCCCCC[N+](CCCC(=O)[O-])(CCCC(=O)O)CCCC(=O)O. The Morgan fingerprint density at radius 1 is 0.583 bits per heavy atom. The second kappa shape index (κ2) is 23.5. The molecule has 0 spiro atoms. The molecule has 0 unspecified atom stereocenters. The fourth-order valence-corrected chi connectivity index (χ4v) is 4.87. The average molecular weight is 512 g/mol. The smallest absolute Gasteiger partial charge is 0.303 e. The van der Waals surface area contributed by atoms with Gasteiger partial charge in [-0.3, -0.25) is 9.59 Å². The van der Waals surface area contributed by atoms with E-state index in [4.69, 9.17) is 10.2 Å². The first-order valence-electron chi connectivity index (χ1n) is 14.4. The molecule has 0 radical (unpaired) electrons. The Labute approximate surface area is 219 Å². The Morgan fingerprint density at radius 2 is 0.972 bits per heavy atom. The molecule has 0 aromatic rings. The molecule has 0 aliphatic carbocycles. The highest BCUT2D eigenvalue weighted by molar-refractivity contribution is 5.66. The normalized spacial score (nSPS) is 11.8. The van der Waals surface area contributed by atoms with Crippen molar-refractivity contribution in [1.82, 2.24) is 0 Å². The summed E-state index contributed by atoms with van der Waals surface area (Å²) in [6, 6.07) is 0. The maximum absolute atomic E-state index is 11.0. The van der Waals surface area contributed by atoms with Crippen molar-refractivity contribution < 1.29 is 34.2 Å². The Hall–Kier alpha value is -1.89. The predicted molar refractivity (Wildman–Crippen MR) is 143 cm³/mol. The van der Waals surface area contributed by atoms with Crippen molar-refractivity contribution in [2.75, 3.05) is 26.2 Å². The zero-order valence-electron chi connectivity index (χ0n) is 22.9. The van der Waals surface area contributed by atoms with E-state index in [2.05, 4.69) is 19.1 Å². The van der Waals surface area contributed by atoms with E-state index in [0.29, 0.717) is 43.4 Å².